The van der Waals surface area contributed by atoms with Gasteiger partial charge in [-0.2, -0.15) is 0 Å². The van der Waals surface area contributed by atoms with Crippen LogP contribution in [0.15, 0.2) is 107 Å². The van der Waals surface area contributed by atoms with E-state index in [1.165, 1.54) is 0 Å². The highest BCUT2D eigenvalue weighted by molar-refractivity contribution is 6.31. The highest BCUT2D eigenvalue weighted by Crippen LogP contribution is 2.23. The molecular weight excluding hydrogens is 647 g/mol. The fourth-order valence-corrected chi connectivity index (χ4v) is 6.28. The molecule has 6 heterocycles. The summed E-state index contributed by atoms with van der Waals surface area (Å²) in [7, 11) is 0. The van der Waals surface area contributed by atoms with E-state index in [0.29, 0.717) is 32.7 Å². The van der Waals surface area contributed by atoms with Gasteiger partial charge in [-0.25, -0.2) is 9.97 Å². The second-order valence-electron chi connectivity index (χ2n) is 11.7. The lowest BCUT2D eigenvalue weighted by Gasteiger charge is -2.29. The van der Waals surface area contributed by atoms with Crippen molar-refractivity contribution in [2.24, 2.45) is 0 Å². The second-order valence-corrected chi connectivity index (χ2v) is 12.6. The number of aromatic nitrogens is 4. The summed E-state index contributed by atoms with van der Waals surface area (Å²) in [5.41, 5.74) is 6.22. The predicted molar refractivity (Wildman–Crippen MR) is 194 cm³/mol. The van der Waals surface area contributed by atoms with Gasteiger partial charge in [0.05, 0.1) is 22.8 Å². The first-order valence-electron chi connectivity index (χ1n) is 15.9. The lowest BCUT2D eigenvalue weighted by Crippen LogP contribution is -2.43. The van der Waals surface area contributed by atoms with E-state index in [1.54, 1.807) is 39.1 Å². The van der Waals surface area contributed by atoms with Crippen LogP contribution < -0.4 is 31.6 Å². The standard InChI is InChI=1S/2C18H17ClN4O/c19-14-3-1-13(2-4-14)16-11-18(24)23-12-15(5-6-17(23)21-16)22-9-7-20-8-10-22;19-14-3-1-2-13(10-14)16-11-18(24)23-12-15(4-5-17(23)21-16)22-8-6-20-7-9-22/h1-6,11-12,20H,7-10H2;1-5,10-12,20H,6-9H2. The monoisotopic (exact) mass is 680 g/mol. The lowest BCUT2D eigenvalue weighted by molar-refractivity contribution is 0.588. The normalized spacial score (nSPS) is 15.0. The third kappa shape index (κ3) is 7.07. The molecule has 0 amide bonds. The van der Waals surface area contributed by atoms with Crippen molar-refractivity contribution in [2.75, 3.05) is 62.2 Å². The van der Waals surface area contributed by atoms with Crippen LogP contribution in [0.4, 0.5) is 11.4 Å². The maximum atomic E-state index is 12.6. The van der Waals surface area contributed by atoms with E-state index in [0.717, 1.165) is 74.9 Å². The van der Waals surface area contributed by atoms with Crippen LogP contribution in [0.25, 0.3) is 33.8 Å². The van der Waals surface area contributed by atoms with E-state index >= 15 is 0 Å². The maximum Gasteiger partial charge on any atom is 0.258 e. The number of anilines is 2. The van der Waals surface area contributed by atoms with Gasteiger partial charge in [0.1, 0.15) is 11.3 Å². The Kier molecular flexibility index (Phi) is 9.40. The Morgan fingerprint density at radius 1 is 0.542 bits per heavy atom. The molecule has 0 radical (unpaired) electrons. The number of rotatable bonds is 4. The fraction of sp³-hybridized carbons (Fsp3) is 0.222. The minimum Gasteiger partial charge on any atom is -0.368 e. The van der Waals surface area contributed by atoms with E-state index in [-0.39, 0.29) is 11.1 Å². The van der Waals surface area contributed by atoms with Gasteiger partial charge in [0.25, 0.3) is 11.1 Å². The summed E-state index contributed by atoms with van der Waals surface area (Å²) in [5, 5.41) is 7.95. The van der Waals surface area contributed by atoms with Gasteiger partial charge in [-0.1, -0.05) is 47.5 Å². The Hall–Kier alpha value is -4.74. The number of nitrogens with zero attached hydrogens (tertiary/aromatic N) is 6. The Morgan fingerprint density at radius 3 is 1.54 bits per heavy atom. The van der Waals surface area contributed by atoms with E-state index < -0.39 is 0 Å². The summed E-state index contributed by atoms with van der Waals surface area (Å²) < 4.78 is 3.21. The van der Waals surface area contributed by atoms with Crippen molar-refractivity contribution in [3.8, 4) is 22.5 Å². The summed E-state index contributed by atoms with van der Waals surface area (Å²) in [6.07, 6.45) is 3.75. The molecule has 0 aliphatic carbocycles. The topological polar surface area (TPSA) is 99.3 Å². The SMILES string of the molecule is O=c1cc(-c2ccc(Cl)cc2)nc2ccc(N3CCNCC3)cn12.O=c1cc(-c2cccc(Cl)c2)nc2ccc(N3CCNCC3)cn12. The fourth-order valence-electron chi connectivity index (χ4n) is 5.97. The minimum atomic E-state index is -0.0908. The third-order valence-electron chi connectivity index (χ3n) is 8.51. The van der Waals surface area contributed by atoms with Crippen molar-refractivity contribution in [1.82, 2.24) is 29.4 Å². The first-order chi connectivity index (χ1) is 23.4. The van der Waals surface area contributed by atoms with Crippen molar-refractivity contribution in [1.29, 1.82) is 0 Å². The van der Waals surface area contributed by atoms with Crippen LogP contribution in [-0.2, 0) is 0 Å². The van der Waals surface area contributed by atoms with Crippen molar-refractivity contribution in [3.05, 3.63) is 128 Å². The summed E-state index contributed by atoms with van der Waals surface area (Å²) in [5.74, 6) is 0. The Labute approximate surface area is 287 Å². The summed E-state index contributed by atoms with van der Waals surface area (Å²) in [6, 6.07) is 25.7. The summed E-state index contributed by atoms with van der Waals surface area (Å²) >= 11 is 12.0. The molecule has 0 atom stereocenters. The quantitative estimate of drug-likeness (QED) is 0.273. The third-order valence-corrected chi connectivity index (χ3v) is 9.00. The smallest absolute Gasteiger partial charge is 0.258 e. The molecule has 2 aliphatic heterocycles. The van der Waals surface area contributed by atoms with Gasteiger partial charge in [-0.15, -0.1) is 0 Å². The molecule has 2 saturated heterocycles. The van der Waals surface area contributed by atoms with E-state index in [9.17, 15) is 9.59 Å². The molecular formula is C36H34Cl2N8O2. The number of pyridine rings is 2. The van der Waals surface area contributed by atoms with Crippen LogP contribution in [0.3, 0.4) is 0 Å². The Morgan fingerprint density at radius 2 is 1.04 bits per heavy atom. The first-order valence-corrected chi connectivity index (χ1v) is 16.7. The van der Waals surface area contributed by atoms with Gasteiger partial charge in [0.15, 0.2) is 0 Å². The van der Waals surface area contributed by atoms with Crippen molar-refractivity contribution < 1.29 is 0 Å². The van der Waals surface area contributed by atoms with Crippen LogP contribution in [0.1, 0.15) is 0 Å². The van der Waals surface area contributed by atoms with Crippen LogP contribution in [0.5, 0.6) is 0 Å². The molecule has 0 unspecified atom stereocenters. The first kappa shape index (κ1) is 31.8. The minimum absolute atomic E-state index is 0.0815. The van der Waals surface area contributed by atoms with Crippen molar-refractivity contribution in [2.45, 2.75) is 0 Å². The maximum absolute atomic E-state index is 12.6. The van der Waals surface area contributed by atoms with Crippen LogP contribution in [-0.4, -0.2) is 71.1 Å². The van der Waals surface area contributed by atoms with E-state index in [1.807, 2.05) is 67.0 Å². The Bertz CT molecular complexity index is 2190. The van der Waals surface area contributed by atoms with Crippen molar-refractivity contribution >= 4 is 45.9 Å². The number of fused-ring (bicyclic) bond motifs is 2. The largest absolute Gasteiger partial charge is 0.368 e. The molecule has 0 saturated carbocycles. The molecule has 2 aromatic carbocycles. The number of piperazine rings is 2. The van der Waals surface area contributed by atoms with Gasteiger partial charge in [0.2, 0.25) is 0 Å². The molecule has 0 spiro atoms. The molecule has 4 aromatic heterocycles. The predicted octanol–water partition coefficient (Wildman–Crippen LogP) is 4.85. The van der Waals surface area contributed by atoms with E-state index in [4.69, 9.17) is 23.2 Å². The van der Waals surface area contributed by atoms with Gasteiger partial charge in [-0.05, 0) is 48.5 Å². The van der Waals surface area contributed by atoms with Crippen LogP contribution in [0.2, 0.25) is 10.0 Å². The molecule has 6 aromatic rings. The molecule has 2 fully saturated rings. The average Bonchev–Trinajstić information content (AvgIpc) is 3.12. The number of benzene rings is 2. The number of hydrogen-bond acceptors (Lipinski definition) is 8. The second kappa shape index (κ2) is 14.2. The summed E-state index contributed by atoms with van der Waals surface area (Å²) in [4.78, 5) is 38.9. The number of halogens is 2. The molecule has 0 bridgehead atoms. The lowest BCUT2D eigenvalue weighted by atomic mass is 10.1. The Balaban J connectivity index is 0.000000152. The molecule has 48 heavy (non-hydrogen) atoms. The molecule has 2 N–H and O–H groups in total. The van der Waals surface area contributed by atoms with Gasteiger partial charge >= 0.3 is 0 Å². The summed E-state index contributed by atoms with van der Waals surface area (Å²) in [6.45, 7) is 7.59. The zero-order valence-corrected chi connectivity index (χ0v) is 27.7. The molecule has 2 aliphatic rings. The molecule has 12 heteroatoms. The van der Waals surface area contributed by atoms with Gasteiger partial charge in [0, 0.05) is 98.1 Å². The van der Waals surface area contributed by atoms with Crippen LogP contribution in [0, 0.1) is 0 Å². The van der Waals surface area contributed by atoms with Gasteiger partial charge in [-0.3, -0.25) is 18.4 Å². The van der Waals surface area contributed by atoms with Crippen LogP contribution >= 0.6 is 23.2 Å². The number of nitrogens with one attached hydrogen (secondary N) is 2. The van der Waals surface area contributed by atoms with Crippen molar-refractivity contribution in [3.63, 3.8) is 0 Å². The highest BCUT2D eigenvalue weighted by Gasteiger charge is 2.14. The van der Waals surface area contributed by atoms with E-state index in [2.05, 4.69) is 30.4 Å². The average molecular weight is 682 g/mol. The molecule has 244 valence electrons. The molecule has 10 nitrogen and oxygen atoms in total. The number of hydrogen-bond donors (Lipinski definition) is 2. The zero-order valence-electron chi connectivity index (χ0n) is 26.2. The van der Waals surface area contributed by atoms with Gasteiger partial charge < -0.3 is 20.4 Å². The highest BCUT2D eigenvalue weighted by atomic mass is 35.5. The zero-order chi connectivity index (χ0) is 33.0. The molecule has 8 rings (SSSR count).